The van der Waals surface area contributed by atoms with Crippen LogP contribution in [0.2, 0.25) is 5.02 Å². The van der Waals surface area contributed by atoms with Crippen molar-refractivity contribution >= 4 is 27.5 Å². The fourth-order valence-electron chi connectivity index (χ4n) is 1.52. The number of nitriles is 1. The second-order valence-electron chi connectivity index (χ2n) is 4.42. The lowest BCUT2D eigenvalue weighted by Gasteiger charge is -2.08. The van der Waals surface area contributed by atoms with E-state index in [1.807, 2.05) is 6.07 Å². The van der Waals surface area contributed by atoms with Crippen LogP contribution in [0.25, 0.3) is 0 Å². The second-order valence-corrected chi connectivity index (χ2v) is 6.57. The summed E-state index contributed by atoms with van der Waals surface area (Å²) in [5, 5.41) is 11.4. The number of sulfonamides is 1. The summed E-state index contributed by atoms with van der Waals surface area (Å²) in [5.74, 6) is -0.386. The van der Waals surface area contributed by atoms with Crippen molar-refractivity contribution in [3.8, 4) is 6.07 Å². The first kappa shape index (κ1) is 14.8. The van der Waals surface area contributed by atoms with Crippen LogP contribution in [0.15, 0.2) is 23.1 Å². The van der Waals surface area contributed by atoms with E-state index in [1.165, 1.54) is 18.2 Å². The van der Waals surface area contributed by atoms with Gasteiger partial charge in [-0.3, -0.25) is 4.79 Å². The summed E-state index contributed by atoms with van der Waals surface area (Å²) in [5.41, 5.74) is 0.178. The van der Waals surface area contributed by atoms with E-state index in [-0.39, 0.29) is 34.0 Å². The van der Waals surface area contributed by atoms with Gasteiger partial charge in [0.25, 0.3) is 0 Å². The number of carbonyl (C=O) groups excluding carboxylic acids is 1. The highest BCUT2D eigenvalue weighted by molar-refractivity contribution is 7.89. The van der Waals surface area contributed by atoms with Gasteiger partial charge in [-0.2, -0.15) is 5.26 Å². The first-order chi connectivity index (χ1) is 9.42. The molecule has 0 aromatic heterocycles. The molecule has 0 heterocycles. The van der Waals surface area contributed by atoms with E-state index in [0.29, 0.717) is 0 Å². The van der Waals surface area contributed by atoms with Crippen molar-refractivity contribution in [2.24, 2.45) is 0 Å². The van der Waals surface area contributed by atoms with E-state index >= 15 is 0 Å². The third kappa shape index (κ3) is 3.70. The van der Waals surface area contributed by atoms with E-state index in [4.69, 9.17) is 16.9 Å². The van der Waals surface area contributed by atoms with Gasteiger partial charge in [-0.05, 0) is 31.0 Å². The smallest absolute Gasteiger partial charge is 0.242 e. The summed E-state index contributed by atoms with van der Waals surface area (Å²) in [6, 6.07) is 5.92. The molecule has 2 N–H and O–H groups in total. The van der Waals surface area contributed by atoms with Gasteiger partial charge in [0.1, 0.15) is 4.90 Å². The maximum absolute atomic E-state index is 12.0. The molecule has 1 aliphatic carbocycles. The van der Waals surface area contributed by atoms with E-state index in [9.17, 15) is 13.2 Å². The minimum absolute atomic E-state index is 0.000832. The number of nitrogens with one attached hydrogen (secondary N) is 2. The quantitative estimate of drug-likeness (QED) is 0.838. The second kappa shape index (κ2) is 5.79. The van der Waals surface area contributed by atoms with Gasteiger partial charge >= 0.3 is 0 Å². The molecule has 0 atom stereocenters. The SMILES string of the molecule is N#Cc1ccc(Cl)c(S(=O)(=O)NCC(=O)NC2CC2)c1. The van der Waals surface area contributed by atoms with Crippen LogP contribution in [0, 0.1) is 11.3 Å². The Morgan fingerprint density at radius 3 is 2.75 bits per heavy atom. The Hall–Kier alpha value is -1.62. The molecule has 0 aliphatic heterocycles. The first-order valence-electron chi connectivity index (χ1n) is 5.91. The van der Waals surface area contributed by atoms with Crippen molar-refractivity contribution in [2.75, 3.05) is 6.54 Å². The van der Waals surface area contributed by atoms with Gasteiger partial charge < -0.3 is 5.32 Å². The zero-order valence-electron chi connectivity index (χ0n) is 10.4. The van der Waals surface area contributed by atoms with Gasteiger partial charge in [0, 0.05) is 6.04 Å². The summed E-state index contributed by atoms with van der Waals surface area (Å²) in [7, 11) is -3.93. The molecule has 0 saturated heterocycles. The summed E-state index contributed by atoms with van der Waals surface area (Å²) >= 11 is 5.82. The molecule has 8 heteroatoms. The summed E-state index contributed by atoms with van der Waals surface area (Å²) < 4.78 is 26.3. The monoisotopic (exact) mass is 313 g/mol. The predicted octanol–water partition coefficient (Wildman–Crippen LogP) is 0.769. The molecule has 6 nitrogen and oxygen atoms in total. The molecule has 20 heavy (non-hydrogen) atoms. The summed E-state index contributed by atoms with van der Waals surface area (Å²) in [6.45, 7) is -0.355. The lowest BCUT2D eigenvalue weighted by molar-refractivity contribution is -0.120. The van der Waals surface area contributed by atoms with E-state index in [1.54, 1.807) is 0 Å². The molecule has 2 rings (SSSR count). The Morgan fingerprint density at radius 1 is 1.45 bits per heavy atom. The van der Waals surface area contributed by atoms with Gasteiger partial charge in [0.2, 0.25) is 15.9 Å². The number of carbonyl (C=O) groups is 1. The van der Waals surface area contributed by atoms with Gasteiger partial charge in [-0.15, -0.1) is 0 Å². The molecule has 1 saturated carbocycles. The molecule has 1 fully saturated rings. The Balaban J connectivity index is 2.09. The zero-order chi connectivity index (χ0) is 14.8. The standard InChI is InChI=1S/C12H12ClN3O3S/c13-10-4-1-8(6-14)5-11(10)20(18,19)15-7-12(17)16-9-2-3-9/h1,4-5,9,15H,2-3,7H2,(H,16,17). The van der Waals surface area contributed by atoms with E-state index < -0.39 is 10.0 Å². The van der Waals surface area contributed by atoms with Crippen LogP contribution in [-0.2, 0) is 14.8 Å². The Morgan fingerprint density at radius 2 is 2.15 bits per heavy atom. The molecule has 0 spiro atoms. The number of halogens is 1. The molecular formula is C12H12ClN3O3S. The first-order valence-corrected chi connectivity index (χ1v) is 7.77. The fourth-order valence-corrected chi connectivity index (χ4v) is 3.03. The lowest BCUT2D eigenvalue weighted by Crippen LogP contribution is -2.37. The highest BCUT2D eigenvalue weighted by Gasteiger charge is 2.24. The molecule has 1 aliphatic rings. The number of hydrogen-bond donors (Lipinski definition) is 2. The van der Waals surface area contributed by atoms with Crippen LogP contribution in [0.5, 0.6) is 0 Å². The van der Waals surface area contributed by atoms with Crippen LogP contribution in [-0.4, -0.2) is 26.9 Å². The minimum atomic E-state index is -3.93. The molecule has 1 aromatic rings. The molecule has 1 amide bonds. The maximum Gasteiger partial charge on any atom is 0.242 e. The van der Waals surface area contributed by atoms with Crippen molar-refractivity contribution in [1.29, 1.82) is 5.26 Å². The van der Waals surface area contributed by atoms with Crippen LogP contribution >= 0.6 is 11.6 Å². The van der Waals surface area contributed by atoms with Crippen LogP contribution in [0.1, 0.15) is 18.4 Å². The van der Waals surface area contributed by atoms with Crippen LogP contribution < -0.4 is 10.0 Å². The number of benzene rings is 1. The molecule has 0 bridgehead atoms. The number of rotatable bonds is 5. The molecule has 0 unspecified atom stereocenters. The van der Waals surface area contributed by atoms with Crippen molar-refractivity contribution in [3.05, 3.63) is 28.8 Å². The topological polar surface area (TPSA) is 99.1 Å². The molecule has 1 aromatic carbocycles. The van der Waals surface area contributed by atoms with Gasteiger partial charge in [-0.25, -0.2) is 13.1 Å². The average Bonchev–Trinajstić information content (AvgIpc) is 3.21. The lowest BCUT2D eigenvalue weighted by atomic mass is 10.2. The third-order valence-electron chi connectivity index (χ3n) is 2.72. The predicted molar refractivity (Wildman–Crippen MR) is 72.5 cm³/mol. The zero-order valence-corrected chi connectivity index (χ0v) is 12.0. The van der Waals surface area contributed by atoms with Crippen molar-refractivity contribution < 1.29 is 13.2 Å². The highest BCUT2D eigenvalue weighted by Crippen LogP contribution is 2.22. The number of amides is 1. The van der Waals surface area contributed by atoms with Crippen molar-refractivity contribution in [2.45, 2.75) is 23.8 Å². The largest absolute Gasteiger partial charge is 0.352 e. The van der Waals surface area contributed by atoms with Gasteiger partial charge in [-0.1, -0.05) is 11.6 Å². The average molecular weight is 314 g/mol. The highest BCUT2D eigenvalue weighted by atomic mass is 35.5. The molecule has 0 radical (unpaired) electrons. The fraction of sp³-hybridized carbons (Fsp3) is 0.333. The maximum atomic E-state index is 12.0. The molecule has 106 valence electrons. The van der Waals surface area contributed by atoms with Gasteiger partial charge in [0.15, 0.2) is 0 Å². The van der Waals surface area contributed by atoms with E-state index in [2.05, 4.69) is 10.0 Å². The number of hydrogen-bond acceptors (Lipinski definition) is 4. The minimum Gasteiger partial charge on any atom is -0.352 e. The summed E-state index contributed by atoms with van der Waals surface area (Å²) in [6.07, 6.45) is 1.85. The normalized spacial score (nSPS) is 14.6. The van der Waals surface area contributed by atoms with Crippen LogP contribution in [0.4, 0.5) is 0 Å². The Labute approximate surface area is 121 Å². The van der Waals surface area contributed by atoms with Gasteiger partial charge in [0.05, 0.1) is 23.2 Å². The Bertz CT molecular complexity index is 678. The Kier molecular flexibility index (Phi) is 4.28. The van der Waals surface area contributed by atoms with Crippen molar-refractivity contribution in [3.63, 3.8) is 0 Å². The number of nitrogens with zero attached hydrogens (tertiary/aromatic N) is 1. The molecular weight excluding hydrogens is 302 g/mol. The van der Waals surface area contributed by atoms with Crippen LogP contribution in [0.3, 0.4) is 0 Å². The third-order valence-corrected chi connectivity index (χ3v) is 4.60. The van der Waals surface area contributed by atoms with Crippen molar-refractivity contribution in [1.82, 2.24) is 10.0 Å². The summed E-state index contributed by atoms with van der Waals surface area (Å²) in [4.78, 5) is 11.2. The van der Waals surface area contributed by atoms with E-state index in [0.717, 1.165) is 12.8 Å².